The average Bonchev–Trinajstić information content (AvgIpc) is 2.75. The summed E-state index contributed by atoms with van der Waals surface area (Å²) in [4.78, 5) is 1.86. The van der Waals surface area contributed by atoms with E-state index in [0.29, 0.717) is 19.0 Å². The Morgan fingerprint density at radius 3 is 2.36 bits per heavy atom. The topological polar surface area (TPSA) is 28.4 Å². The minimum absolute atomic E-state index is 0.0732. The highest BCUT2D eigenvalue weighted by molar-refractivity contribution is 5.66. The molecular formula is C20H30F2N2O. The van der Waals surface area contributed by atoms with Crippen molar-refractivity contribution in [2.75, 3.05) is 19.6 Å². The van der Waals surface area contributed by atoms with Crippen molar-refractivity contribution in [1.29, 1.82) is 0 Å². The molecule has 1 aliphatic rings. The van der Waals surface area contributed by atoms with Gasteiger partial charge in [-0.2, -0.15) is 0 Å². The zero-order chi connectivity index (χ0) is 18.9. The molecule has 1 atom stereocenters. The molecule has 2 heterocycles. The average molecular weight is 352 g/mol. The highest BCUT2D eigenvalue weighted by Gasteiger charge is 2.32. The molecule has 0 radical (unpaired) electrons. The molecule has 1 aromatic rings. The predicted molar refractivity (Wildman–Crippen MR) is 100 cm³/mol. The van der Waals surface area contributed by atoms with Crippen LogP contribution in [0.3, 0.4) is 0 Å². The molecule has 0 aromatic carbocycles. The van der Waals surface area contributed by atoms with Gasteiger partial charge < -0.3 is 9.67 Å². The Hall–Kier alpha value is -1.62. The molecule has 3 nitrogen and oxygen atoms in total. The summed E-state index contributed by atoms with van der Waals surface area (Å²) in [7, 11) is 0. The third-order valence-electron chi connectivity index (χ3n) is 5.48. The molecule has 2 rings (SSSR count). The van der Waals surface area contributed by atoms with E-state index >= 15 is 0 Å². The van der Waals surface area contributed by atoms with Crippen molar-refractivity contribution in [1.82, 2.24) is 9.47 Å². The first-order chi connectivity index (χ1) is 11.6. The van der Waals surface area contributed by atoms with E-state index in [1.54, 1.807) is 6.20 Å². The van der Waals surface area contributed by atoms with Crippen LogP contribution >= 0.6 is 0 Å². The van der Waals surface area contributed by atoms with Gasteiger partial charge in [-0.15, -0.1) is 0 Å². The van der Waals surface area contributed by atoms with Crippen molar-refractivity contribution < 1.29 is 13.9 Å². The monoisotopic (exact) mass is 352 g/mol. The molecule has 1 unspecified atom stereocenters. The molecule has 0 spiro atoms. The number of rotatable bonds is 6. The summed E-state index contributed by atoms with van der Waals surface area (Å²) in [5.74, 6) is -1.88. The van der Waals surface area contributed by atoms with Crippen LogP contribution in [0.2, 0.25) is 0 Å². The molecule has 25 heavy (non-hydrogen) atoms. The second kappa shape index (κ2) is 7.32. The van der Waals surface area contributed by atoms with E-state index in [4.69, 9.17) is 0 Å². The maximum Gasteiger partial charge on any atom is 0.257 e. The lowest BCUT2D eigenvalue weighted by molar-refractivity contribution is -0.0231. The Morgan fingerprint density at radius 2 is 1.92 bits per heavy atom. The van der Waals surface area contributed by atoms with Crippen LogP contribution in [0.4, 0.5) is 8.78 Å². The van der Waals surface area contributed by atoms with E-state index in [1.165, 1.54) is 0 Å². The maximum atomic E-state index is 13.2. The van der Waals surface area contributed by atoms with Gasteiger partial charge in [-0.05, 0) is 57.2 Å². The number of alkyl halides is 2. The minimum Gasteiger partial charge on any atom is -0.508 e. The second-order valence-electron chi connectivity index (χ2n) is 7.44. The van der Waals surface area contributed by atoms with Gasteiger partial charge in [-0.3, -0.25) is 4.90 Å². The highest BCUT2D eigenvalue weighted by atomic mass is 19.3. The standard InChI is InChI=1S/C20H30F2N2O/c1-7-24-15(4)18(16(5)25)14(3)19(24)13(2)17-8-10-23(11-9-17)12-20(6,21)22/h7,13,17,25H,1,5,8-12H2,2-4,6H3. The van der Waals surface area contributed by atoms with Gasteiger partial charge in [0.05, 0.1) is 6.54 Å². The fourth-order valence-corrected chi connectivity index (χ4v) is 4.33. The van der Waals surface area contributed by atoms with Crippen molar-refractivity contribution in [3.8, 4) is 0 Å². The van der Waals surface area contributed by atoms with Crippen molar-refractivity contribution in [3.63, 3.8) is 0 Å². The van der Waals surface area contributed by atoms with Crippen LogP contribution in [0.5, 0.6) is 0 Å². The molecule has 1 saturated heterocycles. The molecule has 5 heteroatoms. The summed E-state index contributed by atoms with van der Waals surface area (Å²) >= 11 is 0. The van der Waals surface area contributed by atoms with Gasteiger partial charge in [0.25, 0.3) is 5.92 Å². The van der Waals surface area contributed by atoms with Crippen LogP contribution < -0.4 is 0 Å². The van der Waals surface area contributed by atoms with Crippen molar-refractivity contribution in [2.24, 2.45) is 5.92 Å². The Balaban J connectivity index is 2.20. The van der Waals surface area contributed by atoms with E-state index in [1.807, 2.05) is 23.3 Å². The van der Waals surface area contributed by atoms with E-state index in [9.17, 15) is 13.9 Å². The summed E-state index contributed by atoms with van der Waals surface area (Å²) in [5.41, 5.74) is 3.88. The molecule has 1 aromatic heterocycles. The molecule has 1 fully saturated rings. The van der Waals surface area contributed by atoms with Gasteiger partial charge in [-0.25, -0.2) is 8.78 Å². The second-order valence-corrected chi connectivity index (χ2v) is 7.44. The zero-order valence-electron chi connectivity index (χ0n) is 15.8. The van der Waals surface area contributed by atoms with Crippen molar-refractivity contribution in [3.05, 3.63) is 35.7 Å². The lowest BCUT2D eigenvalue weighted by atomic mass is 9.82. The molecule has 1 N–H and O–H groups in total. The normalized spacial score (nSPS) is 18.3. The van der Waals surface area contributed by atoms with E-state index < -0.39 is 5.92 Å². The lowest BCUT2D eigenvalue weighted by Gasteiger charge is -2.36. The molecule has 0 aliphatic carbocycles. The van der Waals surface area contributed by atoms with Gasteiger partial charge in [0.15, 0.2) is 0 Å². The maximum absolute atomic E-state index is 13.2. The summed E-state index contributed by atoms with van der Waals surface area (Å²) in [5, 5.41) is 9.93. The number of hydrogen-bond donors (Lipinski definition) is 1. The SMILES string of the molecule is C=Cn1c(C)c(C(=C)O)c(C)c1C(C)C1CCN(CC(C)(F)F)CC1. The number of nitrogens with zero attached hydrogens (tertiary/aromatic N) is 2. The van der Waals surface area contributed by atoms with Gasteiger partial charge in [0, 0.05) is 30.1 Å². The molecular weight excluding hydrogens is 322 g/mol. The molecule has 0 amide bonds. The Bertz CT molecular complexity index is 650. The molecule has 140 valence electrons. The van der Waals surface area contributed by atoms with Gasteiger partial charge in [-0.1, -0.05) is 20.1 Å². The Labute approximate surface area is 149 Å². The van der Waals surface area contributed by atoms with Crippen LogP contribution in [-0.2, 0) is 0 Å². The van der Waals surface area contributed by atoms with E-state index in [-0.39, 0.29) is 18.2 Å². The first-order valence-electron chi connectivity index (χ1n) is 8.89. The number of halogens is 2. The van der Waals surface area contributed by atoms with E-state index in [0.717, 1.165) is 42.3 Å². The van der Waals surface area contributed by atoms with Gasteiger partial charge in [0.2, 0.25) is 0 Å². The number of hydrogen-bond acceptors (Lipinski definition) is 2. The summed E-state index contributed by atoms with van der Waals surface area (Å²) < 4.78 is 28.5. The molecule has 0 saturated carbocycles. The van der Waals surface area contributed by atoms with Crippen molar-refractivity contribution >= 4 is 12.0 Å². The van der Waals surface area contributed by atoms with Crippen LogP contribution in [0.25, 0.3) is 12.0 Å². The largest absolute Gasteiger partial charge is 0.508 e. The number of aliphatic hydroxyl groups excluding tert-OH is 1. The minimum atomic E-state index is -2.64. The fraction of sp³-hybridized carbons (Fsp3) is 0.600. The fourth-order valence-electron chi connectivity index (χ4n) is 4.33. The molecule has 1 aliphatic heterocycles. The zero-order valence-corrected chi connectivity index (χ0v) is 15.8. The Morgan fingerprint density at radius 1 is 1.36 bits per heavy atom. The quantitative estimate of drug-likeness (QED) is 0.712. The summed E-state index contributed by atoms with van der Waals surface area (Å²) in [6, 6.07) is 0. The van der Waals surface area contributed by atoms with E-state index in [2.05, 4.69) is 20.1 Å². The van der Waals surface area contributed by atoms with Crippen LogP contribution in [0.15, 0.2) is 13.2 Å². The first-order valence-corrected chi connectivity index (χ1v) is 8.89. The Kier molecular flexibility index (Phi) is 5.77. The van der Waals surface area contributed by atoms with Gasteiger partial charge >= 0.3 is 0 Å². The third-order valence-corrected chi connectivity index (χ3v) is 5.48. The number of likely N-dealkylation sites (tertiary alicyclic amines) is 1. The molecule has 0 bridgehead atoms. The number of aromatic nitrogens is 1. The highest BCUT2D eigenvalue weighted by Crippen LogP contribution is 2.38. The smallest absolute Gasteiger partial charge is 0.257 e. The van der Waals surface area contributed by atoms with Crippen LogP contribution in [-0.4, -0.2) is 40.1 Å². The lowest BCUT2D eigenvalue weighted by Crippen LogP contribution is -2.41. The first kappa shape index (κ1) is 19.7. The van der Waals surface area contributed by atoms with Crippen molar-refractivity contribution in [2.45, 2.75) is 52.4 Å². The number of aliphatic hydroxyl groups is 1. The van der Waals surface area contributed by atoms with Crippen LogP contribution in [0, 0.1) is 19.8 Å². The van der Waals surface area contributed by atoms with Crippen LogP contribution in [0.1, 0.15) is 55.1 Å². The number of piperidine rings is 1. The third kappa shape index (κ3) is 4.14. The summed E-state index contributed by atoms with van der Waals surface area (Å²) in [6.45, 7) is 15.9. The predicted octanol–water partition coefficient (Wildman–Crippen LogP) is 5.20. The summed E-state index contributed by atoms with van der Waals surface area (Å²) in [6.07, 6.45) is 3.56. The van der Waals surface area contributed by atoms with Gasteiger partial charge in [0.1, 0.15) is 5.76 Å².